The quantitative estimate of drug-likeness (QED) is 0.596. The fourth-order valence-corrected chi connectivity index (χ4v) is 1.56. The molecule has 3 aromatic rings. The van der Waals surface area contributed by atoms with Crippen LogP contribution in [0.4, 0.5) is 0 Å². The fourth-order valence-electron chi connectivity index (χ4n) is 1.56. The standard InChI is InChI=1S/C11H8N4/c1-2-4-10-9(3-1)14-8-15(10)11-7-12-5-6-13-11/h1-8H. The van der Waals surface area contributed by atoms with Gasteiger partial charge in [-0.2, -0.15) is 0 Å². The molecule has 0 fully saturated rings. The predicted octanol–water partition coefficient (Wildman–Crippen LogP) is 1.82. The number of nitrogens with zero attached hydrogens (tertiary/aromatic N) is 4. The van der Waals surface area contributed by atoms with Gasteiger partial charge in [0.1, 0.15) is 6.33 Å². The van der Waals surface area contributed by atoms with Crippen LogP contribution in [-0.4, -0.2) is 19.5 Å². The maximum atomic E-state index is 4.29. The number of hydrogen-bond donors (Lipinski definition) is 0. The smallest absolute Gasteiger partial charge is 0.156 e. The van der Waals surface area contributed by atoms with Gasteiger partial charge in [-0.25, -0.2) is 9.97 Å². The minimum atomic E-state index is 0.784. The highest BCUT2D eigenvalue weighted by atomic mass is 15.1. The van der Waals surface area contributed by atoms with E-state index in [0.29, 0.717) is 0 Å². The van der Waals surface area contributed by atoms with Crippen LogP contribution in [0.5, 0.6) is 0 Å². The molecule has 0 atom stereocenters. The third-order valence-corrected chi connectivity index (χ3v) is 2.25. The second-order valence-electron chi connectivity index (χ2n) is 3.17. The Morgan fingerprint density at radius 1 is 1.00 bits per heavy atom. The molecule has 72 valence electrons. The highest BCUT2D eigenvalue weighted by Crippen LogP contribution is 2.14. The molecule has 0 radical (unpaired) electrons. The third-order valence-electron chi connectivity index (χ3n) is 2.25. The molecule has 0 aliphatic carbocycles. The van der Waals surface area contributed by atoms with E-state index in [2.05, 4.69) is 15.0 Å². The molecule has 2 heterocycles. The van der Waals surface area contributed by atoms with E-state index in [0.717, 1.165) is 16.9 Å². The molecule has 2 aromatic heterocycles. The first-order valence-corrected chi connectivity index (χ1v) is 4.63. The fraction of sp³-hybridized carbons (Fsp3) is 0. The summed E-state index contributed by atoms with van der Waals surface area (Å²) < 4.78 is 1.92. The SMILES string of the molecule is c1ccc2c(c1)ncn2-c1cnccn1. The molecule has 0 aliphatic rings. The van der Waals surface area contributed by atoms with Crippen molar-refractivity contribution in [2.24, 2.45) is 0 Å². The number of fused-ring (bicyclic) bond motifs is 1. The average molecular weight is 196 g/mol. The van der Waals surface area contributed by atoms with E-state index < -0.39 is 0 Å². The summed E-state index contributed by atoms with van der Waals surface area (Å²) in [6, 6.07) is 7.94. The van der Waals surface area contributed by atoms with Crippen molar-refractivity contribution in [3.8, 4) is 5.82 Å². The molecule has 0 spiro atoms. The largest absolute Gasteiger partial charge is 0.282 e. The topological polar surface area (TPSA) is 43.6 Å². The van der Waals surface area contributed by atoms with Crippen LogP contribution in [0.2, 0.25) is 0 Å². The number of para-hydroxylation sites is 2. The van der Waals surface area contributed by atoms with Crippen LogP contribution in [0, 0.1) is 0 Å². The summed E-state index contributed by atoms with van der Waals surface area (Å²) in [4.78, 5) is 12.6. The lowest BCUT2D eigenvalue weighted by molar-refractivity contribution is 0.996. The van der Waals surface area contributed by atoms with Crippen LogP contribution in [0.1, 0.15) is 0 Å². The van der Waals surface area contributed by atoms with Gasteiger partial charge in [-0.15, -0.1) is 0 Å². The zero-order chi connectivity index (χ0) is 10.1. The lowest BCUT2D eigenvalue weighted by atomic mass is 10.3. The van der Waals surface area contributed by atoms with E-state index in [1.807, 2.05) is 28.8 Å². The number of rotatable bonds is 1. The monoisotopic (exact) mass is 196 g/mol. The van der Waals surface area contributed by atoms with E-state index >= 15 is 0 Å². The number of hydrogen-bond acceptors (Lipinski definition) is 3. The van der Waals surface area contributed by atoms with Gasteiger partial charge in [0.15, 0.2) is 5.82 Å². The van der Waals surface area contributed by atoms with Gasteiger partial charge in [-0.05, 0) is 12.1 Å². The van der Waals surface area contributed by atoms with Crippen LogP contribution < -0.4 is 0 Å². The van der Waals surface area contributed by atoms with Gasteiger partial charge < -0.3 is 0 Å². The van der Waals surface area contributed by atoms with Crippen LogP contribution >= 0.6 is 0 Å². The van der Waals surface area contributed by atoms with E-state index in [1.54, 1.807) is 24.9 Å². The normalized spacial score (nSPS) is 10.7. The lowest BCUT2D eigenvalue weighted by Crippen LogP contribution is -1.95. The first-order chi connectivity index (χ1) is 7.45. The first kappa shape index (κ1) is 8.11. The molecule has 0 saturated heterocycles. The van der Waals surface area contributed by atoms with E-state index in [4.69, 9.17) is 0 Å². The Morgan fingerprint density at radius 3 is 2.80 bits per heavy atom. The molecule has 0 amide bonds. The molecule has 1 aromatic carbocycles. The van der Waals surface area contributed by atoms with E-state index in [9.17, 15) is 0 Å². The summed E-state index contributed by atoms with van der Waals surface area (Å²) in [6.45, 7) is 0. The zero-order valence-corrected chi connectivity index (χ0v) is 7.91. The minimum absolute atomic E-state index is 0.784. The molecular weight excluding hydrogens is 188 g/mol. The molecule has 0 bridgehead atoms. The average Bonchev–Trinajstić information content (AvgIpc) is 2.74. The molecule has 4 nitrogen and oxygen atoms in total. The van der Waals surface area contributed by atoms with Gasteiger partial charge in [0.25, 0.3) is 0 Å². The van der Waals surface area contributed by atoms with Crippen molar-refractivity contribution in [2.75, 3.05) is 0 Å². The van der Waals surface area contributed by atoms with Crippen molar-refractivity contribution in [2.45, 2.75) is 0 Å². The Balaban J connectivity index is 2.28. The van der Waals surface area contributed by atoms with Gasteiger partial charge in [0, 0.05) is 12.4 Å². The zero-order valence-electron chi connectivity index (χ0n) is 7.91. The number of benzene rings is 1. The molecule has 4 heteroatoms. The van der Waals surface area contributed by atoms with Gasteiger partial charge in [-0.3, -0.25) is 9.55 Å². The predicted molar refractivity (Wildman–Crippen MR) is 56.7 cm³/mol. The molecule has 0 saturated carbocycles. The maximum Gasteiger partial charge on any atom is 0.156 e. The molecule has 0 N–H and O–H groups in total. The Bertz CT molecular complexity index is 586. The van der Waals surface area contributed by atoms with Crippen molar-refractivity contribution in [3.05, 3.63) is 49.2 Å². The maximum absolute atomic E-state index is 4.29. The highest BCUT2D eigenvalue weighted by molar-refractivity contribution is 5.76. The molecule has 3 rings (SSSR count). The van der Waals surface area contributed by atoms with Crippen LogP contribution in [0.3, 0.4) is 0 Å². The summed E-state index contributed by atoms with van der Waals surface area (Å²) in [5, 5.41) is 0. The van der Waals surface area contributed by atoms with E-state index in [-0.39, 0.29) is 0 Å². The summed E-state index contributed by atoms with van der Waals surface area (Å²) in [5.41, 5.74) is 2.00. The molecule has 15 heavy (non-hydrogen) atoms. The van der Waals surface area contributed by atoms with Crippen molar-refractivity contribution < 1.29 is 0 Å². The van der Waals surface area contributed by atoms with Gasteiger partial charge >= 0.3 is 0 Å². The Morgan fingerprint density at radius 2 is 1.93 bits per heavy atom. The summed E-state index contributed by atoms with van der Waals surface area (Å²) in [5.74, 6) is 0.784. The molecule has 0 unspecified atom stereocenters. The van der Waals surface area contributed by atoms with Gasteiger partial charge in [-0.1, -0.05) is 12.1 Å². The van der Waals surface area contributed by atoms with Gasteiger partial charge in [0.05, 0.1) is 17.2 Å². The summed E-state index contributed by atoms with van der Waals surface area (Å²) in [6.07, 6.45) is 6.80. The minimum Gasteiger partial charge on any atom is -0.282 e. The highest BCUT2D eigenvalue weighted by Gasteiger charge is 2.03. The van der Waals surface area contributed by atoms with E-state index in [1.165, 1.54) is 0 Å². The number of aromatic nitrogens is 4. The summed E-state index contributed by atoms with van der Waals surface area (Å²) >= 11 is 0. The van der Waals surface area contributed by atoms with Crippen LogP contribution in [0.25, 0.3) is 16.9 Å². The van der Waals surface area contributed by atoms with Crippen molar-refractivity contribution in [3.63, 3.8) is 0 Å². The second kappa shape index (κ2) is 3.16. The molecule has 0 aliphatic heterocycles. The van der Waals surface area contributed by atoms with Gasteiger partial charge in [0.2, 0.25) is 0 Å². The van der Waals surface area contributed by atoms with Crippen molar-refractivity contribution in [1.82, 2.24) is 19.5 Å². The van der Waals surface area contributed by atoms with Crippen LogP contribution in [0.15, 0.2) is 49.2 Å². The summed E-state index contributed by atoms with van der Waals surface area (Å²) in [7, 11) is 0. The lowest BCUT2D eigenvalue weighted by Gasteiger charge is -2.00. The molecular formula is C11H8N4. The Labute approximate surface area is 86.2 Å². The first-order valence-electron chi connectivity index (χ1n) is 4.63. The Kier molecular flexibility index (Phi) is 1.71. The number of imidazole rings is 1. The Hall–Kier alpha value is -2.23. The van der Waals surface area contributed by atoms with Crippen molar-refractivity contribution >= 4 is 11.0 Å². The third kappa shape index (κ3) is 1.27. The second-order valence-corrected chi connectivity index (χ2v) is 3.17. The van der Waals surface area contributed by atoms with Crippen molar-refractivity contribution in [1.29, 1.82) is 0 Å². The van der Waals surface area contributed by atoms with Crippen LogP contribution in [-0.2, 0) is 0 Å².